The van der Waals surface area contributed by atoms with Gasteiger partial charge in [-0.25, -0.2) is 9.67 Å². The molecule has 0 atom stereocenters. The summed E-state index contributed by atoms with van der Waals surface area (Å²) in [5, 5.41) is 12.5. The van der Waals surface area contributed by atoms with Gasteiger partial charge in [0.25, 0.3) is 5.82 Å². The van der Waals surface area contributed by atoms with Gasteiger partial charge >= 0.3 is 0 Å². The normalized spacial score (nSPS) is 10.5. The zero-order chi connectivity index (χ0) is 11.1. The molecule has 0 bridgehead atoms. The first-order chi connectivity index (χ1) is 7.30. The standard InChI is InChI=1S/C9H14N4O2/c1-3-14-9(15-4-2)6-13-7-11-8(5-10)12-13/h7,9H,3-4,6H2,1-2H3. The quantitative estimate of drug-likeness (QED) is 0.641. The Morgan fingerprint density at radius 1 is 1.47 bits per heavy atom. The lowest BCUT2D eigenvalue weighted by Crippen LogP contribution is -2.24. The smallest absolute Gasteiger partial charge is 0.252 e. The van der Waals surface area contributed by atoms with Gasteiger partial charge in [-0.3, -0.25) is 0 Å². The van der Waals surface area contributed by atoms with E-state index < -0.39 is 0 Å². The first-order valence-corrected chi connectivity index (χ1v) is 4.82. The maximum Gasteiger partial charge on any atom is 0.252 e. The molecule has 0 aromatic carbocycles. The Kier molecular flexibility index (Phi) is 4.74. The maximum atomic E-state index is 8.54. The average molecular weight is 210 g/mol. The minimum Gasteiger partial charge on any atom is -0.351 e. The molecule has 0 saturated carbocycles. The Balaban J connectivity index is 2.53. The zero-order valence-corrected chi connectivity index (χ0v) is 8.88. The summed E-state index contributed by atoms with van der Waals surface area (Å²) in [5.41, 5.74) is 0. The van der Waals surface area contributed by atoms with Crippen LogP contribution in [0.1, 0.15) is 19.7 Å². The fraction of sp³-hybridized carbons (Fsp3) is 0.667. The zero-order valence-electron chi connectivity index (χ0n) is 8.88. The van der Waals surface area contributed by atoms with Gasteiger partial charge in [0.15, 0.2) is 6.29 Å². The van der Waals surface area contributed by atoms with E-state index in [-0.39, 0.29) is 12.1 Å². The van der Waals surface area contributed by atoms with E-state index in [2.05, 4.69) is 10.1 Å². The Hall–Kier alpha value is -1.45. The first kappa shape index (κ1) is 11.6. The Bertz CT molecular complexity index is 325. The predicted molar refractivity (Wildman–Crippen MR) is 51.8 cm³/mol. The van der Waals surface area contributed by atoms with Crippen LogP contribution < -0.4 is 0 Å². The lowest BCUT2D eigenvalue weighted by molar-refractivity contribution is -0.144. The molecular weight excluding hydrogens is 196 g/mol. The molecule has 1 aromatic rings. The SMILES string of the molecule is CCOC(Cn1cnc(C#N)n1)OCC. The van der Waals surface area contributed by atoms with Crippen LogP contribution in [0.2, 0.25) is 0 Å². The van der Waals surface area contributed by atoms with Crippen LogP contribution in [0.15, 0.2) is 6.33 Å². The van der Waals surface area contributed by atoms with Crippen molar-refractivity contribution in [1.82, 2.24) is 14.8 Å². The summed E-state index contributed by atoms with van der Waals surface area (Å²) < 4.78 is 12.2. The Labute approximate surface area is 88.4 Å². The summed E-state index contributed by atoms with van der Waals surface area (Å²) in [4.78, 5) is 3.79. The largest absolute Gasteiger partial charge is 0.351 e. The highest BCUT2D eigenvalue weighted by molar-refractivity contribution is 5.05. The van der Waals surface area contributed by atoms with Gasteiger partial charge in [0.05, 0.1) is 6.54 Å². The van der Waals surface area contributed by atoms with E-state index in [9.17, 15) is 0 Å². The van der Waals surface area contributed by atoms with Crippen LogP contribution in [0.3, 0.4) is 0 Å². The Morgan fingerprint density at radius 3 is 2.60 bits per heavy atom. The fourth-order valence-corrected chi connectivity index (χ4v) is 1.11. The van der Waals surface area contributed by atoms with Gasteiger partial charge in [-0.1, -0.05) is 0 Å². The van der Waals surface area contributed by atoms with E-state index in [4.69, 9.17) is 14.7 Å². The maximum absolute atomic E-state index is 8.54. The summed E-state index contributed by atoms with van der Waals surface area (Å²) >= 11 is 0. The van der Waals surface area contributed by atoms with Gasteiger partial charge in [0.2, 0.25) is 0 Å². The van der Waals surface area contributed by atoms with E-state index in [1.165, 1.54) is 11.0 Å². The molecule has 0 unspecified atom stereocenters. The van der Waals surface area contributed by atoms with Crippen molar-refractivity contribution in [3.63, 3.8) is 0 Å². The van der Waals surface area contributed by atoms with Crippen LogP contribution in [-0.2, 0) is 16.0 Å². The number of nitrogens with zero attached hydrogens (tertiary/aromatic N) is 4. The highest BCUT2D eigenvalue weighted by Gasteiger charge is 2.10. The first-order valence-electron chi connectivity index (χ1n) is 4.82. The lowest BCUT2D eigenvalue weighted by Gasteiger charge is -2.16. The van der Waals surface area contributed by atoms with E-state index in [0.29, 0.717) is 19.8 Å². The molecule has 1 aromatic heterocycles. The van der Waals surface area contributed by atoms with Crippen LogP contribution >= 0.6 is 0 Å². The Morgan fingerprint density at radius 2 is 2.13 bits per heavy atom. The fourth-order valence-electron chi connectivity index (χ4n) is 1.11. The van der Waals surface area contributed by atoms with Gasteiger partial charge in [-0.05, 0) is 13.8 Å². The summed E-state index contributed by atoms with van der Waals surface area (Å²) in [5.74, 6) is 0.154. The molecule has 1 rings (SSSR count). The molecule has 0 N–H and O–H groups in total. The summed E-state index contributed by atoms with van der Waals surface area (Å²) in [6.07, 6.45) is 1.15. The number of hydrogen-bond acceptors (Lipinski definition) is 5. The summed E-state index contributed by atoms with van der Waals surface area (Å²) in [7, 11) is 0. The van der Waals surface area contributed by atoms with Gasteiger partial charge in [0, 0.05) is 13.2 Å². The van der Waals surface area contributed by atoms with Crippen molar-refractivity contribution in [3.05, 3.63) is 12.2 Å². The van der Waals surface area contributed by atoms with Crippen molar-refractivity contribution in [2.45, 2.75) is 26.7 Å². The molecular formula is C9H14N4O2. The molecule has 1 heterocycles. The van der Waals surface area contributed by atoms with E-state index in [1.54, 1.807) is 0 Å². The highest BCUT2D eigenvalue weighted by atomic mass is 16.7. The lowest BCUT2D eigenvalue weighted by atomic mass is 10.6. The number of ether oxygens (including phenoxy) is 2. The van der Waals surface area contributed by atoms with Gasteiger partial charge in [-0.15, -0.1) is 5.10 Å². The van der Waals surface area contributed by atoms with Crippen molar-refractivity contribution in [2.75, 3.05) is 13.2 Å². The number of rotatable bonds is 6. The third-order valence-electron chi connectivity index (χ3n) is 1.68. The van der Waals surface area contributed by atoms with Crippen molar-refractivity contribution >= 4 is 0 Å². The second-order valence-corrected chi connectivity index (χ2v) is 2.74. The highest BCUT2D eigenvalue weighted by Crippen LogP contribution is 1.99. The molecule has 15 heavy (non-hydrogen) atoms. The van der Waals surface area contributed by atoms with Crippen molar-refractivity contribution in [1.29, 1.82) is 5.26 Å². The molecule has 0 amide bonds. The van der Waals surface area contributed by atoms with Crippen molar-refractivity contribution < 1.29 is 9.47 Å². The molecule has 6 heteroatoms. The van der Waals surface area contributed by atoms with Crippen LogP contribution in [0.25, 0.3) is 0 Å². The van der Waals surface area contributed by atoms with Crippen molar-refractivity contribution in [2.24, 2.45) is 0 Å². The predicted octanol–water partition coefficient (Wildman–Crippen LogP) is 0.549. The van der Waals surface area contributed by atoms with E-state index in [0.717, 1.165) is 0 Å². The molecule has 0 aliphatic carbocycles. The van der Waals surface area contributed by atoms with Crippen molar-refractivity contribution in [3.8, 4) is 6.07 Å². The molecule has 0 aliphatic rings. The topological polar surface area (TPSA) is 73.0 Å². The third-order valence-corrected chi connectivity index (χ3v) is 1.68. The molecule has 0 saturated heterocycles. The molecule has 0 spiro atoms. The van der Waals surface area contributed by atoms with Gasteiger partial charge in [0.1, 0.15) is 12.4 Å². The monoisotopic (exact) mass is 210 g/mol. The summed E-state index contributed by atoms with van der Waals surface area (Å²) in [6, 6.07) is 1.86. The molecule has 0 fully saturated rings. The van der Waals surface area contributed by atoms with Crippen LogP contribution in [0.5, 0.6) is 0 Å². The minimum absolute atomic E-state index is 0.154. The van der Waals surface area contributed by atoms with E-state index >= 15 is 0 Å². The van der Waals surface area contributed by atoms with E-state index in [1.807, 2.05) is 19.9 Å². The molecule has 0 aliphatic heterocycles. The second-order valence-electron chi connectivity index (χ2n) is 2.74. The van der Waals surface area contributed by atoms with Crippen LogP contribution in [0.4, 0.5) is 0 Å². The average Bonchev–Trinajstić information content (AvgIpc) is 2.66. The number of hydrogen-bond donors (Lipinski definition) is 0. The van der Waals surface area contributed by atoms with Gasteiger partial charge < -0.3 is 9.47 Å². The second kappa shape index (κ2) is 6.11. The molecule has 82 valence electrons. The van der Waals surface area contributed by atoms with Crippen LogP contribution in [0, 0.1) is 11.3 Å². The van der Waals surface area contributed by atoms with Gasteiger partial charge in [-0.2, -0.15) is 5.26 Å². The third kappa shape index (κ3) is 3.65. The van der Waals surface area contributed by atoms with Crippen LogP contribution in [-0.4, -0.2) is 34.3 Å². The molecule has 6 nitrogen and oxygen atoms in total. The minimum atomic E-state index is -0.340. The molecule has 0 radical (unpaired) electrons. The summed E-state index contributed by atoms with van der Waals surface area (Å²) in [6.45, 7) is 5.38. The number of aromatic nitrogens is 3. The number of nitriles is 1.